The maximum Gasteiger partial charge on any atom is 0.303 e. The molecule has 0 spiro atoms. The Morgan fingerprint density at radius 2 is 2.00 bits per heavy atom. The number of carboxylic acid groups (broad SMARTS) is 1. The molecule has 0 bridgehead atoms. The summed E-state index contributed by atoms with van der Waals surface area (Å²) in [4.78, 5) is 22.7. The number of aliphatic carboxylic acids is 1. The highest BCUT2D eigenvalue weighted by Crippen LogP contribution is 2.27. The van der Waals surface area contributed by atoms with Crippen LogP contribution in [0, 0.1) is 11.3 Å². The fourth-order valence-electron chi connectivity index (χ4n) is 1.40. The monoisotopic (exact) mass is 283 g/mol. The lowest BCUT2D eigenvalue weighted by atomic mass is 10.1. The maximum absolute atomic E-state index is 11.6. The van der Waals surface area contributed by atoms with Crippen LogP contribution in [0.25, 0.3) is 0 Å². The van der Waals surface area contributed by atoms with Gasteiger partial charge in [0.1, 0.15) is 6.10 Å². The van der Waals surface area contributed by atoms with Crippen LogP contribution >= 0.6 is 11.3 Å². The molecular formula is C12H13NO5S. The molecule has 0 aliphatic heterocycles. The summed E-state index contributed by atoms with van der Waals surface area (Å²) >= 11 is 0.993. The van der Waals surface area contributed by atoms with Crippen LogP contribution in [0.4, 0.5) is 0 Å². The van der Waals surface area contributed by atoms with Crippen molar-refractivity contribution in [1.29, 1.82) is 5.26 Å². The zero-order valence-corrected chi connectivity index (χ0v) is 10.8. The van der Waals surface area contributed by atoms with Gasteiger partial charge >= 0.3 is 5.97 Å². The number of rotatable bonds is 7. The normalized spacial score (nSPS) is 13.5. The molecule has 0 aliphatic rings. The van der Waals surface area contributed by atoms with E-state index < -0.39 is 18.2 Å². The molecule has 0 fully saturated rings. The van der Waals surface area contributed by atoms with Gasteiger partial charge < -0.3 is 15.3 Å². The minimum absolute atomic E-state index is 0.105. The number of thiophene rings is 1. The van der Waals surface area contributed by atoms with E-state index in [-0.39, 0.29) is 25.0 Å². The lowest BCUT2D eigenvalue weighted by Crippen LogP contribution is -2.16. The van der Waals surface area contributed by atoms with Crippen molar-refractivity contribution in [2.24, 2.45) is 0 Å². The van der Waals surface area contributed by atoms with Crippen molar-refractivity contribution in [3.05, 3.63) is 21.9 Å². The third kappa shape index (κ3) is 4.44. The molecule has 1 aromatic rings. The molecule has 0 radical (unpaired) electrons. The van der Waals surface area contributed by atoms with Gasteiger partial charge in [0.2, 0.25) is 0 Å². The van der Waals surface area contributed by atoms with Gasteiger partial charge in [0.25, 0.3) is 0 Å². The van der Waals surface area contributed by atoms with E-state index in [9.17, 15) is 19.8 Å². The predicted molar refractivity (Wildman–Crippen MR) is 66.7 cm³/mol. The SMILES string of the molecule is N#CCC(O)C(O)c1ccc(C(=O)CCC(=O)O)s1. The topological polar surface area (TPSA) is 119 Å². The van der Waals surface area contributed by atoms with E-state index >= 15 is 0 Å². The summed E-state index contributed by atoms with van der Waals surface area (Å²) < 4.78 is 0. The standard InChI is InChI=1S/C12H13NO5S/c13-6-5-8(15)12(18)10-3-2-9(19-10)7(14)1-4-11(16)17/h2-3,8,12,15,18H,1,4-5H2,(H,16,17). The number of hydrogen-bond donors (Lipinski definition) is 3. The van der Waals surface area contributed by atoms with Gasteiger partial charge in [-0.3, -0.25) is 9.59 Å². The van der Waals surface area contributed by atoms with Crippen molar-refractivity contribution in [3.63, 3.8) is 0 Å². The molecule has 2 unspecified atom stereocenters. The molecule has 0 aliphatic carbocycles. The largest absolute Gasteiger partial charge is 0.481 e. The van der Waals surface area contributed by atoms with Crippen LogP contribution in [0.1, 0.15) is 39.9 Å². The third-order valence-corrected chi connectivity index (χ3v) is 3.62. The van der Waals surface area contributed by atoms with Gasteiger partial charge in [0.15, 0.2) is 5.78 Å². The molecular weight excluding hydrogens is 270 g/mol. The molecule has 2 atom stereocenters. The molecule has 1 heterocycles. The van der Waals surface area contributed by atoms with Gasteiger partial charge in [0, 0.05) is 11.3 Å². The molecule has 0 saturated heterocycles. The smallest absolute Gasteiger partial charge is 0.303 e. The molecule has 1 aromatic heterocycles. The first kappa shape index (κ1) is 15.3. The van der Waals surface area contributed by atoms with Gasteiger partial charge in [0.05, 0.1) is 29.9 Å². The molecule has 0 amide bonds. The molecule has 102 valence electrons. The first-order chi connectivity index (χ1) is 8.95. The van der Waals surface area contributed by atoms with E-state index in [2.05, 4.69) is 0 Å². The lowest BCUT2D eigenvalue weighted by Gasteiger charge is -2.12. The zero-order valence-electron chi connectivity index (χ0n) is 9.94. The molecule has 0 saturated carbocycles. The number of Topliss-reactive ketones (excluding diaryl/α,β-unsaturated/α-hetero) is 1. The van der Waals surface area contributed by atoms with Crippen molar-refractivity contribution in [3.8, 4) is 6.07 Å². The van der Waals surface area contributed by atoms with Crippen LogP contribution < -0.4 is 0 Å². The summed E-state index contributed by atoms with van der Waals surface area (Å²) in [6.07, 6.45) is -2.98. The molecule has 3 N–H and O–H groups in total. The Hall–Kier alpha value is -1.75. The van der Waals surface area contributed by atoms with Gasteiger partial charge in [-0.05, 0) is 12.1 Å². The Morgan fingerprint density at radius 1 is 1.32 bits per heavy atom. The van der Waals surface area contributed by atoms with Crippen molar-refractivity contribution in [2.75, 3.05) is 0 Å². The second-order valence-corrected chi connectivity index (χ2v) is 5.01. The average molecular weight is 283 g/mol. The zero-order chi connectivity index (χ0) is 14.4. The van der Waals surface area contributed by atoms with Crippen molar-refractivity contribution in [1.82, 2.24) is 0 Å². The van der Waals surface area contributed by atoms with Crippen LogP contribution in [0.15, 0.2) is 12.1 Å². The van der Waals surface area contributed by atoms with Crippen molar-refractivity contribution < 1.29 is 24.9 Å². The summed E-state index contributed by atoms with van der Waals surface area (Å²) in [5.74, 6) is -1.37. The van der Waals surface area contributed by atoms with E-state index in [4.69, 9.17) is 10.4 Å². The van der Waals surface area contributed by atoms with E-state index in [1.54, 1.807) is 6.07 Å². The summed E-state index contributed by atoms with van der Waals surface area (Å²) in [5, 5.41) is 36.1. The Labute approximate surface area is 113 Å². The quantitative estimate of drug-likeness (QED) is 0.645. The second kappa shape index (κ2) is 6.99. The first-order valence-electron chi connectivity index (χ1n) is 5.53. The number of nitrogens with zero attached hydrogens (tertiary/aromatic N) is 1. The Balaban J connectivity index is 2.69. The van der Waals surface area contributed by atoms with Crippen LogP contribution in [0.2, 0.25) is 0 Å². The number of carboxylic acids is 1. The Kier molecular flexibility index (Phi) is 5.63. The fourth-order valence-corrected chi connectivity index (χ4v) is 2.42. The number of ketones is 1. The lowest BCUT2D eigenvalue weighted by molar-refractivity contribution is -0.136. The summed E-state index contributed by atoms with van der Waals surface area (Å²) in [7, 11) is 0. The number of aliphatic hydroxyl groups excluding tert-OH is 2. The number of aliphatic hydroxyl groups is 2. The minimum Gasteiger partial charge on any atom is -0.481 e. The van der Waals surface area contributed by atoms with Crippen LogP contribution in [-0.2, 0) is 4.79 Å². The molecule has 0 aromatic carbocycles. The van der Waals surface area contributed by atoms with Gasteiger partial charge in [-0.25, -0.2) is 0 Å². The highest BCUT2D eigenvalue weighted by Gasteiger charge is 2.21. The third-order valence-electron chi connectivity index (χ3n) is 2.42. The minimum atomic E-state index is -1.22. The number of nitriles is 1. The van der Waals surface area contributed by atoms with E-state index in [1.807, 2.05) is 0 Å². The summed E-state index contributed by atoms with van der Waals surface area (Å²) in [5.41, 5.74) is 0. The van der Waals surface area contributed by atoms with Crippen LogP contribution in [-0.4, -0.2) is 33.2 Å². The van der Waals surface area contributed by atoms with Crippen molar-refractivity contribution in [2.45, 2.75) is 31.5 Å². The number of carbonyl (C=O) groups is 2. The number of hydrogen-bond acceptors (Lipinski definition) is 6. The van der Waals surface area contributed by atoms with Crippen LogP contribution in [0.3, 0.4) is 0 Å². The van der Waals surface area contributed by atoms with Gasteiger partial charge in [-0.1, -0.05) is 0 Å². The summed E-state index contributed by atoms with van der Waals surface area (Å²) in [6, 6.07) is 4.71. The maximum atomic E-state index is 11.6. The highest BCUT2D eigenvalue weighted by atomic mass is 32.1. The number of carbonyl (C=O) groups excluding carboxylic acids is 1. The fraction of sp³-hybridized carbons (Fsp3) is 0.417. The second-order valence-electron chi connectivity index (χ2n) is 3.89. The van der Waals surface area contributed by atoms with E-state index in [0.29, 0.717) is 9.75 Å². The molecule has 1 rings (SSSR count). The Bertz CT molecular complexity index is 504. The molecule has 7 heteroatoms. The van der Waals surface area contributed by atoms with Crippen molar-refractivity contribution >= 4 is 23.1 Å². The van der Waals surface area contributed by atoms with Gasteiger partial charge in [-0.2, -0.15) is 5.26 Å². The molecule has 6 nitrogen and oxygen atoms in total. The van der Waals surface area contributed by atoms with Crippen LogP contribution in [0.5, 0.6) is 0 Å². The first-order valence-corrected chi connectivity index (χ1v) is 6.35. The average Bonchev–Trinajstić information content (AvgIpc) is 2.84. The highest BCUT2D eigenvalue weighted by molar-refractivity contribution is 7.14. The van der Waals surface area contributed by atoms with E-state index in [1.165, 1.54) is 12.1 Å². The summed E-state index contributed by atoms with van der Waals surface area (Å²) in [6.45, 7) is 0. The van der Waals surface area contributed by atoms with Gasteiger partial charge in [-0.15, -0.1) is 11.3 Å². The Morgan fingerprint density at radius 3 is 2.58 bits per heavy atom. The van der Waals surface area contributed by atoms with E-state index in [0.717, 1.165) is 11.3 Å². The predicted octanol–water partition coefficient (Wildman–Crippen LogP) is 1.10. The molecule has 19 heavy (non-hydrogen) atoms.